The highest BCUT2D eigenvalue weighted by molar-refractivity contribution is 5.92. The molecule has 2 heterocycles. The maximum atomic E-state index is 6.11. The molecule has 1 unspecified atom stereocenters. The Morgan fingerprint density at radius 2 is 2.10 bits per heavy atom. The van der Waals surface area contributed by atoms with E-state index in [2.05, 4.69) is 15.1 Å². The smallest absolute Gasteiger partial charge is 0.228 e. The van der Waals surface area contributed by atoms with Gasteiger partial charge in [0.25, 0.3) is 0 Å². The second kappa shape index (κ2) is 4.93. The minimum atomic E-state index is 0.124. The molecular formula is C16H16N4O. The van der Waals surface area contributed by atoms with E-state index < -0.39 is 0 Å². The van der Waals surface area contributed by atoms with Crippen LogP contribution in [0.3, 0.4) is 0 Å². The van der Waals surface area contributed by atoms with Gasteiger partial charge in [0.1, 0.15) is 5.69 Å². The summed E-state index contributed by atoms with van der Waals surface area (Å²) in [5.74, 6) is 1.75. The Hall–Kier alpha value is -2.27. The lowest BCUT2D eigenvalue weighted by atomic mass is 10.1. The molecule has 5 heteroatoms. The molecule has 0 aliphatic heterocycles. The highest BCUT2D eigenvalue weighted by atomic mass is 16.5. The summed E-state index contributed by atoms with van der Waals surface area (Å²) in [4.78, 5) is 8.86. The Morgan fingerprint density at radius 3 is 2.95 bits per heavy atom. The summed E-state index contributed by atoms with van der Waals surface area (Å²) in [6.07, 6.45) is 4.84. The topological polar surface area (TPSA) is 77.8 Å². The van der Waals surface area contributed by atoms with Crippen molar-refractivity contribution in [2.24, 2.45) is 11.7 Å². The first-order valence-corrected chi connectivity index (χ1v) is 7.23. The molecule has 3 aromatic rings. The third-order valence-corrected chi connectivity index (χ3v) is 3.99. The number of hydrogen-bond donors (Lipinski definition) is 1. The predicted molar refractivity (Wildman–Crippen MR) is 79.4 cm³/mol. The molecule has 1 saturated carbocycles. The minimum absolute atomic E-state index is 0.124. The van der Waals surface area contributed by atoms with Gasteiger partial charge in [-0.1, -0.05) is 29.4 Å². The molecule has 1 aromatic carbocycles. The molecule has 1 aliphatic rings. The van der Waals surface area contributed by atoms with Gasteiger partial charge in [-0.25, -0.2) is 0 Å². The maximum absolute atomic E-state index is 6.11. The standard InChI is InChI=1S/C16H16N4O/c17-13(11-5-6-11)9-14-19-16(20-21-14)15-12-4-2-1-3-10(12)7-8-18-15/h1-4,7-8,11,13H,5-6,9,17H2. The van der Waals surface area contributed by atoms with Crippen LogP contribution < -0.4 is 5.73 Å². The number of nitrogens with zero attached hydrogens (tertiary/aromatic N) is 3. The molecule has 4 rings (SSSR count). The van der Waals surface area contributed by atoms with Crippen molar-refractivity contribution in [3.05, 3.63) is 42.4 Å². The molecule has 0 saturated heterocycles. The summed E-state index contributed by atoms with van der Waals surface area (Å²) in [6, 6.07) is 10.1. The van der Waals surface area contributed by atoms with E-state index in [9.17, 15) is 0 Å². The molecule has 0 spiro atoms. The van der Waals surface area contributed by atoms with Crippen LogP contribution >= 0.6 is 0 Å². The van der Waals surface area contributed by atoms with E-state index in [4.69, 9.17) is 10.3 Å². The van der Waals surface area contributed by atoms with E-state index in [0.717, 1.165) is 16.5 Å². The van der Waals surface area contributed by atoms with Crippen LogP contribution in [0.15, 0.2) is 41.1 Å². The van der Waals surface area contributed by atoms with E-state index in [0.29, 0.717) is 24.1 Å². The van der Waals surface area contributed by atoms with E-state index in [1.165, 1.54) is 12.8 Å². The third-order valence-electron chi connectivity index (χ3n) is 3.99. The van der Waals surface area contributed by atoms with E-state index in [1.54, 1.807) is 6.20 Å². The zero-order valence-electron chi connectivity index (χ0n) is 11.6. The van der Waals surface area contributed by atoms with Crippen LogP contribution in [-0.2, 0) is 6.42 Å². The van der Waals surface area contributed by atoms with Gasteiger partial charge in [-0.3, -0.25) is 4.98 Å². The summed E-state index contributed by atoms with van der Waals surface area (Å²) >= 11 is 0. The number of nitrogens with two attached hydrogens (primary N) is 1. The van der Waals surface area contributed by atoms with Gasteiger partial charge >= 0.3 is 0 Å². The molecule has 0 bridgehead atoms. The molecule has 21 heavy (non-hydrogen) atoms. The van der Waals surface area contributed by atoms with Crippen molar-refractivity contribution in [1.29, 1.82) is 0 Å². The zero-order valence-corrected chi connectivity index (χ0v) is 11.6. The van der Waals surface area contributed by atoms with Gasteiger partial charge in [0.05, 0.1) is 0 Å². The van der Waals surface area contributed by atoms with Crippen LogP contribution in [0.25, 0.3) is 22.3 Å². The van der Waals surface area contributed by atoms with Crippen molar-refractivity contribution >= 4 is 10.8 Å². The second-order valence-electron chi connectivity index (χ2n) is 5.60. The third kappa shape index (κ3) is 2.40. The quantitative estimate of drug-likeness (QED) is 0.794. The fourth-order valence-corrected chi connectivity index (χ4v) is 2.62. The number of pyridine rings is 1. The first-order valence-electron chi connectivity index (χ1n) is 7.23. The van der Waals surface area contributed by atoms with Gasteiger partial charge in [-0.15, -0.1) is 0 Å². The summed E-state index contributed by atoms with van der Waals surface area (Å²) in [7, 11) is 0. The van der Waals surface area contributed by atoms with Crippen LogP contribution in [0.4, 0.5) is 0 Å². The summed E-state index contributed by atoms with van der Waals surface area (Å²) in [6.45, 7) is 0. The van der Waals surface area contributed by atoms with Crippen molar-refractivity contribution in [2.75, 3.05) is 0 Å². The second-order valence-corrected chi connectivity index (χ2v) is 5.60. The Balaban J connectivity index is 1.67. The van der Waals surface area contributed by atoms with Crippen molar-refractivity contribution in [3.63, 3.8) is 0 Å². The molecule has 0 amide bonds. The SMILES string of the molecule is NC(Cc1nc(-c2nccc3ccccc23)no1)C1CC1. The molecule has 5 nitrogen and oxygen atoms in total. The lowest BCUT2D eigenvalue weighted by Gasteiger charge is -2.04. The predicted octanol–water partition coefficient (Wildman–Crippen LogP) is 2.56. The largest absolute Gasteiger partial charge is 0.339 e. The van der Waals surface area contributed by atoms with Gasteiger partial charge in [-0.05, 0) is 30.2 Å². The van der Waals surface area contributed by atoms with Gasteiger partial charge in [0.15, 0.2) is 0 Å². The van der Waals surface area contributed by atoms with Crippen molar-refractivity contribution in [1.82, 2.24) is 15.1 Å². The normalized spacial score (nSPS) is 16.2. The Morgan fingerprint density at radius 1 is 1.24 bits per heavy atom. The fraction of sp³-hybridized carbons (Fsp3) is 0.312. The molecule has 106 valence electrons. The van der Waals surface area contributed by atoms with Crippen LogP contribution in [0.2, 0.25) is 0 Å². The maximum Gasteiger partial charge on any atom is 0.228 e. The van der Waals surface area contributed by atoms with E-state index in [1.807, 2.05) is 30.3 Å². The lowest BCUT2D eigenvalue weighted by molar-refractivity contribution is 0.363. The first-order chi connectivity index (χ1) is 10.3. The Labute approximate surface area is 122 Å². The molecule has 1 atom stereocenters. The van der Waals surface area contributed by atoms with Crippen LogP contribution in [0.5, 0.6) is 0 Å². The van der Waals surface area contributed by atoms with Crippen molar-refractivity contribution in [3.8, 4) is 11.5 Å². The molecule has 2 aromatic heterocycles. The minimum Gasteiger partial charge on any atom is -0.339 e. The lowest BCUT2D eigenvalue weighted by Crippen LogP contribution is -2.25. The van der Waals surface area contributed by atoms with Crippen molar-refractivity contribution < 1.29 is 4.52 Å². The molecule has 1 fully saturated rings. The fourth-order valence-electron chi connectivity index (χ4n) is 2.62. The van der Waals surface area contributed by atoms with Gasteiger partial charge in [-0.2, -0.15) is 4.98 Å². The van der Waals surface area contributed by atoms with E-state index in [-0.39, 0.29) is 6.04 Å². The molecule has 0 radical (unpaired) electrons. The Bertz CT molecular complexity index is 773. The number of benzene rings is 1. The highest BCUT2D eigenvalue weighted by Crippen LogP contribution is 2.33. The van der Waals surface area contributed by atoms with Crippen molar-refractivity contribution in [2.45, 2.75) is 25.3 Å². The van der Waals surface area contributed by atoms with E-state index >= 15 is 0 Å². The summed E-state index contributed by atoms with van der Waals surface area (Å²) in [5, 5.41) is 6.21. The summed E-state index contributed by atoms with van der Waals surface area (Å²) in [5.41, 5.74) is 6.86. The van der Waals surface area contributed by atoms with Crippen LogP contribution in [0, 0.1) is 5.92 Å². The average molecular weight is 280 g/mol. The van der Waals surface area contributed by atoms with Gasteiger partial charge in [0, 0.05) is 24.0 Å². The summed E-state index contributed by atoms with van der Waals surface area (Å²) < 4.78 is 5.34. The number of fused-ring (bicyclic) bond motifs is 1. The first kappa shape index (κ1) is 12.5. The number of hydrogen-bond acceptors (Lipinski definition) is 5. The number of rotatable bonds is 4. The highest BCUT2D eigenvalue weighted by Gasteiger charge is 2.29. The molecular weight excluding hydrogens is 264 g/mol. The van der Waals surface area contributed by atoms with Gasteiger partial charge in [0.2, 0.25) is 11.7 Å². The van der Waals surface area contributed by atoms with Crippen LogP contribution in [0.1, 0.15) is 18.7 Å². The average Bonchev–Trinajstić information content (AvgIpc) is 3.27. The van der Waals surface area contributed by atoms with Gasteiger partial charge < -0.3 is 10.3 Å². The number of aromatic nitrogens is 3. The molecule has 1 aliphatic carbocycles. The monoisotopic (exact) mass is 280 g/mol. The molecule has 2 N–H and O–H groups in total. The Kier molecular flexibility index (Phi) is 2.93. The zero-order chi connectivity index (χ0) is 14.2. The van der Waals surface area contributed by atoms with Crippen LogP contribution in [-0.4, -0.2) is 21.2 Å².